The number of carbonyl (C=O) groups excluding carboxylic acids is 2. The fourth-order valence-corrected chi connectivity index (χ4v) is 1.16. The Hall–Kier alpha value is -1.10. The van der Waals surface area contributed by atoms with E-state index in [1.165, 1.54) is 6.92 Å². The Kier molecular flexibility index (Phi) is 3.25. The van der Waals surface area contributed by atoms with Gasteiger partial charge in [0.1, 0.15) is 6.61 Å². The molecule has 0 aromatic carbocycles. The summed E-state index contributed by atoms with van der Waals surface area (Å²) in [5.41, 5.74) is 0. The largest absolute Gasteiger partial charge is 0.463 e. The Morgan fingerprint density at radius 2 is 2.54 bits per heavy atom. The number of rotatable bonds is 3. The minimum atomic E-state index is -0.655. The van der Waals surface area contributed by atoms with Gasteiger partial charge in [-0.25, -0.2) is 0 Å². The quantitative estimate of drug-likeness (QED) is 0.566. The van der Waals surface area contributed by atoms with Crippen molar-refractivity contribution in [1.82, 2.24) is 5.32 Å². The number of esters is 1. The molecule has 2 N–H and O–H groups in total. The monoisotopic (exact) mass is 187 g/mol. The summed E-state index contributed by atoms with van der Waals surface area (Å²) in [5.74, 6) is -0.541. The van der Waals surface area contributed by atoms with Crippen molar-refractivity contribution in [3.8, 4) is 0 Å². The van der Waals surface area contributed by atoms with Crippen molar-refractivity contribution in [2.24, 2.45) is 0 Å². The van der Waals surface area contributed by atoms with Crippen LogP contribution in [0.4, 0.5) is 0 Å². The van der Waals surface area contributed by atoms with Gasteiger partial charge in [-0.15, -0.1) is 0 Å². The van der Waals surface area contributed by atoms with E-state index in [9.17, 15) is 9.59 Å². The first-order valence-electron chi connectivity index (χ1n) is 4.21. The molecular formula is C8H13NO4. The molecule has 0 saturated carbocycles. The molecule has 1 fully saturated rings. The molecule has 0 aliphatic carbocycles. The Balaban J connectivity index is 2.24. The van der Waals surface area contributed by atoms with E-state index in [0.29, 0.717) is 0 Å². The minimum Gasteiger partial charge on any atom is -0.463 e. The first-order valence-corrected chi connectivity index (χ1v) is 4.21. The van der Waals surface area contributed by atoms with Crippen molar-refractivity contribution in [1.29, 1.82) is 0 Å². The van der Waals surface area contributed by atoms with Crippen LogP contribution in [-0.4, -0.2) is 35.7 Å². The maximum atomic E-state index is 11.1. The average Bonchev–Trinajstić information content (AvgIpc) is 2.33. The lowest BCUT2D eigenvalue weighted by molar-refractivity contribution is -0.138. The van der Waals surface area contributed by atoms with Crippen molar-refractivity contribution in [3.63, 3.8) is 0 Å². The first-order chi connectivity index (χ1) is 6.08. The normalized spacial score (nSPS) is 23.8. The second kappa shape index (κ2) is 4.23. The van der Waals surface area contributed by atoms with Crippen LogP contribution < -0.4 is 5.32 Å². The Labute approximate surface area is 76.1 Å². The number of hydrogen-bond donors (Lipinski definition) is 2. The summed E-state index contributed by atoms with van der Waals surface area (Å²) in [4.78, 5) is 21.7. The topological polar surface area (TPSA) is 75.6 Å². The fourth-order valence-electron chi connectivity index (χ4n) is 1.16. The van der Waals surface area contributed by atoms with Crippen molar-refractivity contribution < 1.29 is 19.4 Å². The van der Waals surface area contributed by atoms with Crippen LogP contribution in [0.3, 0.4) is 0 Å². The molecule has 1 saturated heterocycles. The van der Waals surface area contributed by atoms with Gasteiger partial charge in [0.15, 0.2) is 0 Å². The van der Waals surface area contributed by atoms with Crippen LogP contribution in [0.1, 0.15) is 19.8 Å². The van der Waals surface area contributed by atoms with Crippen LogP contribution in [0, 0.1) is 0 Å². The number of ether oxygens (including phenoxy) is 1. The van der Waals surface area contributed by atoms with Crippen molar-refractivity contribution in [2.45, 2.75) is 31.9 Å². The van der Waals surface area contributed by atoms with E-state index in [2.05, 4.69) is 10.1 Å². The highest BCUT2D eigenvalue weighted by Gasteiger charge is 2.25. The van der Waals surface area contributed by atoms with E-state index in [-0.39, 0.29) is 37.4 Å². The van der Waals surface area contributed by atoms with Gasteiger partial charge in [-0.05, 0) is 6.92 Å². The number of cyclic esters (lactones) is 1. The highest BCUT2D eigenvalue weighted by Crippen LogP contribution is 2.05. The number of nitrogens with one attached hydrogen (secondary N) is 1. The van der Waals surface area contributed by atoms with E-state index in [0.717, 1.165) is 0 Å². The van der Waals surface area contributed by atoms with Crippen molar-refractivity contribution in [3.05, 3.63) is 0 Å². The van der Waals surface area contributed by atoms with Crippen LogP contribution in [-0.2, 0) is 14.3 Å². The van der Waals surface area contributed by atoms with Crippen LogP contribution in [0.25, 0.3) is 0 Å². The van der Waals surface area contributed by atoms with Gasteiger partial charge in [-0.3, -0.25) is 9.59 Å². The number of aliphatic hydroxyl groups is 1. The lowest BCUT2D eigenvalue weighted by Gasteiger charge is -2.09. The zero-order chi connectivity index (χ0) is 9.84. The molecule has 5 heteroatoms. The third-order valence-electron chi connectivity index (χ3n) is 1.70. The molecule has 2 atom stereocenters. The minimum absolute atomic E-state index is 0.0602. The highest BCUT2D eigenvalue weighted by molar-refractivity contribution is 5.79. The maximum Gasteiger partial charge on any atom is 0.308 e. The van der Waals surface area contributed by atoms with E-state index in [1.54, 1.807) is 0 Å². The fraction of sp³-hybridized carbons (Fsp3) is 0.750. The summed E-state index contributed by atoms with van der Waals surface area (Å²) in [5, 5.41) is 11.5. The summed E-state index contributed by atoms with van der Waals surface area (Å²) in [6.07, 6.45) is -0.367. The van der Waals surface area contributed by atoms with E-state index < -0.39 is 6.10 Å². The molecule has 1 heterocycles. The molecule has 5 nitrogen and oxygen atoms in total. The van der Waals surface area contributed by atoms with Crippen molar-refractivity contribution in [2.75, 3.05) is 6.61 Å². The molecule has 13 heavy (non-hydrogen) atoms. The second-order valence-corrected chi connectivity index (χ2v) is 3.20. The standard InChI is InChI=1S/C8H13NO4/c1-5(10)2-7(11)9-6-3-8(12)13-4-6/h5-6,10H,2-4H2,1H3,(H,9,11). The SMILES string of the molecule is CC(O)CC(=O)NC1COC(=O)C1. The Bertz CT molecular complexity index is 214. The molecule has 1 aliphatic heterocycles. The summed E-state index contributed by atoms with van der Waals surface area (Å²) < 4.78 is 4.66. The van der Waals surface area contributed by atoms with Gasteiger partial charge in [0.2, 0.25) is 5.91 Å². The highest BCUT2D eigenvalue weighted by atomic mass is 16.5. The molecule has 0 radical (unpaired) electrons. The van der Waals surface area contributed by atoms with E-state index in [4.69, 9.17) is 5.11 Å². The van der Waals surface area contributed by atoms with Gasteiger partial charge >= 0.3 is 5.97 Å². The van der Waals surface area contributed by atoms with Gasteiger partial charge < -0.3 is 15.2 Å². The van der Waals surface area contributed by atoms with Gasteiger partial charge in [0, 0.05) is 0 Å². The lowest BCUT2D eigenvalue weighted by Crippen LogP contribution is -2.36. The molecule has 0 aromatic rings. The number of amides is 1. The number of aliphatic hydroxyl groups excluding tert-OH is 1. The van der Waals surface area contributed by atoms with Gasteiger partial charge in [0.05, 0.1) is 25.0 Å². The zero-order valence-electron chi connectivity index (χ0n) is 7.45. The Morgan fingerprint density at radius 3 is 3.00 bits per heavy atom. The van der Waals surface area contributed by atoms with Gasteiger partial charge in [-0.1, -0.05) is 0 Å². The third-order valence-corrected chi connectivity index (χ3v) is 1.70. The van der Waals surface area contributed by atoms with Crippen LogP contribution >= 0.6 is 0 Å². The van der Waals surface area contributed by atoms with Gasteiger partial charge in [-0.2, -0.15) is 0 Å². The van der Waals surface area contributed by atoms with Gasteiger partial charge in [0.25, 0.3) is 0 Å². The number of hydrogen-bond acceptors (Lipinski definition) is 4. The third kappa shape index (κ3) is 3.42. The Morgan fingerprint density at radius 1 is 1.85 bits per heavy atom. The smallest absolute Gasteiger partial charge is 0.308 e. The summed E-state index contributed by atoms with van der Waals surface area (Å²) in [7, 11) is 0. The molecule has 1 rings (SSSR count). The molecule has 0 aromatic heterocycles. The number of carbonyl (C=O) groups is 2. The predicted octanol–water partition coefficient (Wildman–Crippen LogP) is -0.811. The van der Waals surface area contributed by atoms with Crippen molar-refractivity contribution >= 4 is 11.9 Å². The zero-order valence-corrected chi connectivity index (χ0v) is 7.45. The molecule has 0 bridgehead atoms. The molecule has 1 amide bonds. The van der Waals surface area contributed by atoms with Crippen LogP contribution in [0.15, 0.2) is 0 Å². The lowest BCUT2D eigenvalue weighted by atomic mass is 10.2. The predicted molar refractivity (Wildman–Crippen MR) is 43.8 cm³/mol. The van der Waals surface area contributed by atoms with E-state index in [1.807, 2.05) is 0 Å². The van der Waals surface area contributed by atoms with Crippen LogP contribution in [0.5, 0.6) is 0 Å². The van der Waals surface area contributed by atoms with Crippen LogP contribution in [0.2, 0.25) is 0 Å². The molecule has 74 valence electrons. The molecule has 2 unspecified atom stereocenters. The molecule has 1 aliphatic rings. The summed E-state index contributed by atoms with van der Waals surface area (Å²) >= 11 is 0. The molecule has 0 spiro atoms. The summed E-state index contributed by atoms with van der Waals surface area (Å²) in [6, 6.07) is -0.223. The first kappa shape index (κ1) is 9.98. The maximum absolute atomic E-state index is 11.1. The summed E-state index contributed by atoms with van der Waals surface area (Å²) in [6.45, 7) is 1.78. The molecular weight excluding hydrogens is 174 g/mol. The second-order valence-electron chi connectivity index (χ2n) is 3.20. The average molecular weight is 187 g/mol. The van der Waals surface area contributed by atoms with E-state index >= 15 is 0 Å².